The fourth-order valence-corrected chi connectivity index (χ4v) is 5.73. The highest BCUT2D eigenvalue weighted by atomic mass is 32.2. The van der Waals surface area contributed by atoms with Crippen LogP contribution in [0.25, 0.3) is 11.0 Å². The molecule has 2 aliphatic rings. The third-order valence-corrected chi connectivity index (χ3v) is 7.95. The van der Waals surface area contributed by atoms with Crippen molar-refractivity contribution in [2.45, 2.75) is 69.8 Å². The van der Waals surface area contributed by atoms with E-state index in [1.54, 1.807) is 13.0 Å². The minimum Gasteiger partial charge on any atom is -0.388 e. The second kappa shape index (κ2) is 8.35. The van der Waals surface area contributed by atoms with Crippen LogP contribution in [0, 0.1) is 0 Å². The molecule has 11 heteroatoms. The summed E-state index contributed by atoms with van der Waals surface area (Å²) in [6, 6.07) is 1.27. The molecule has 0 aromatic carbocycles. The van der Waals surface area contributed by atoms with Crippen molar-refractivity contribution in [3.63, 3.8) is 0 Å². The molecule has 2 fully saturated rings. The lowest BCUT2D eigenvalue weighted by Gasteiger charge is -2.31. The first-order valence-corrected chi connectivity index (χ1v) is 12.8. The van der Waals surface area contributed by atoms with E-state index in [0.717, 1.165) is 6.42 Å². The van der Waals surface area contributed by atoms with Gasteiger partial charge in [0, 0.05) is 25.2 Å². The van der Waals surface area contributed by atoms with Gasteiger partial charge in [0.25, 0.3) is 5.56 Å². The topological polar surface area (TPSA) is 117 Å². The molecule has 1 saturated heterocycles. The molecule has 1 unspecified atom stereocenters. The third kappa shape index (κ3) is 4.38. The minimum absolute atomic E-state index is 0.0332. The Morgan fingerprint density at radius 1 is 1.31 bits per heavy atom. The summed E-state index contributed by atoms with van der Waals surface area (Å²) in [6.45, 7) is 3.84. The van der Waals surface area contributed by atoms with Gasteiger partial charge in [0.2, 0.25) is 10.0 Å². The summed E-state index contributed by atoms with van der Waals surface area (Å²) >= 11 is 0. The zero-order chi connectivity index (χ0) is 23.3. The number of piperidine rings is 1. The van der Waals surface area contributed by atoms with Crippen LogP contribution in [0.1, 0.15) is 63.9 Å². The number of aromatic nitrogens is 3. The van der Waals surface area contributed by atoms with Crippen molar-refractivity contribution in [3.8, 4) is 0 Å². The zero-order valence-corrected chi connectivity index (χ0v) is 19.4. The molecule has 2 N–H and O–H groups in total. The van der Waals surface area contributed by atoms with Gasteiger partial charge in [-0.3, -0.25) is 9.36 Å². The van der Waals surface area contributed by atoms with Gasteiger partial charge in [0.1, 0.15) is 23.2 Å². The molecule has 0 bridgehead atoms. The van der Waals surface area contributed by atoms with E-state index in [1.807, 2.05) is 0 Å². The van der Waals surface area contributed by atoms with E-state index in [2.05, 4.69) is 15.3 Å². The fraction of sp³-hybridized carbons (Fsp3) is 0.667. The van der Waals surface area contributed by atoms with Crippen LogP contribution in [-0.4, -0.2) is 63.4 Å². The Labute approximate surface area is 186 Å². The van der Waals surface area contributed by atoms with E-state index >= 15 is 0 Å². The van der Waals surface area contributed by atoms with Gasteiger partial charge in [-0.25, -0.2) is 27.1 Å². The monoisotopic (exact) mass is 467 g/mol. The van der Waals surface area contributed by atoms with Crippen molar-refractivity contribution in [1.29, 1.82) is 0 Å². The van der Waals surface area contributed by atoms with Crippen molar-refractivity contribution < 1.29 is 17.9 Å². The highest BCUT2D eigenvalue weighted by Gasteiger charge is 2.40. The predicted molar refractivity (Wildman–Crippen MR) is 120 cm³/mol. The van der Waals surface area contributed by atoms with E-state index in [4.69, 9.17) is 0 Å². The maximum absolute atomic E-state index is 14.2. The van der Waals surface area contributed by atoms with Crippen molar-refractivity contribution >= 4 is 26.9 Å². The second-order valence-corrected chi connectivity index (χ2v) is 11.2. The van der Waals surface area contributed by atoms with Gasteiger partial charge in [-0.1, -0.05) is 0 Å². The maximum Gasteiger partial charge on any atom is 0.276 e. The Morgan fingerprint density at radius 3 is 2.56 bits per heavy atom. The SMILES string of the molecule is CC(F)c1nc2cnc(NC3CCN(S(C)(=O)=O)CC3)cc2n([C@@H]2CCC[C@@]2(C)O)c1=O. The highest BCUT2D eigenvalue weighted by Crippen LogP contribution is 2.40. The van der Waals surface area contributed by atoms with Crippen LogP contribution < -0.4 is 10.9 Å². The average Bonchev–Trinajstić information content (AvgIpc) is 3.05. The van der Waals surface area contributed by atoms with E-state index in [9.17, 15) is 22.7 Å². The summed E-state index contributed by atoms with van der Waals surface area (Å²) < 4.78 is 40.6. The summed E-state index contributed by atoms with van der Waals surface area (Å²) in [5.41, 5.74) is -0.902. The molecule has 4 rings (SSSR count). The molecule has 176 valence electrons. The normalized spacial score (nSPS) is 26.5. The quantitative estimate of drug-likeness (QED) is 0.692. The molecule has 2 aromatic rings. The van der Waals surface area contributed by atoms with Gasteiger partial charge < -0.3 is 10.4 Å². The highest BCUT2D eigenvalue weighted by molar-refractivity contribution is 7.88. The number of pyridine rings is 1. The molecule has 1 aliphatic carbocycles. The van der Waals surface area contributed by atoms with Crippen LogP contribution in [-0.2, 0) is 10.0 Å². The van der Waals surface area contributed by atoms with E-state index in [-0.39, 0.29) is 11.7 Å². The molecule has 32 heavy (non-hydrogen) atoms. The lowest BCUT2D eigenvalue weighted by Crippen LogP contribution is -2.42. The molecule has 1 aliphatic heterocycles. The first kappa shape index (κ1) is 23.1. The van der Waals surface area contributed by atoms with Crippen LogP contribution >= 0.6 is 0 Å². The van der Waals surface area contributed by atoms with Crippen LogP contribution in [0.15, 0.2) is 17.1 Å². The van der Waals surface area contributed by atoms with Gasteiger partial charge in [-0.15, -0.1) is 0 Å². The Morgan fingerprint density at radius 2 is 2.00 bits per heavy atom. The first-order valence-electron chi connectivity index (χ1n) is 11.0. The van der Waals surface area contributed by atoms with Crippen molar-refractivity contribution in [2.75, 3.05) is 24.7 Å². The number of aliphatic hydroxyl groups is 1. The van der Waals surface area contributed by atoms with Crippen LogP contribution in [0.3, 0.4) is 0 Å². The van der Waals surface area contributed by atoms with Gasteiger partial charge in [-0.05, 0) is 46.0 Å². The zero-order valence-electron chi connectivity index (χ0n) is 18.6. The van der Waals surface area contributed by atoms with Gasteiger partial charge in [0.15, 0.2) is 0 Å². The lowest BCUT2D eigenvalue weighted by atomic mass is 9.99. The number of nitrogens with one attached hydrogen (secondary N) is 1. The number of rotatable bonds is 5. The number of hydrogen-bond acceptors (Lipinski definition) is 7. The van der Waals surface area contributed by atoms with Crippen LogP contribution in [0.4, 0.5) is 10.2 Å². The molecule has 3 atom stereocenters. The van der Waals surface area contributed by atoms with Gasteiger partial charge >= 0.3 is 0 Å². The third-order valence-electron chi connectivity index (χ3n) is 6.64. The number of fused-ring (bicyclic) bond motifs is 1. The smallest absolute Gasteiger partial charge is 0.276 e. The number of alkyl halides is 1. The number of anilines is 1. The molecule has 1 saturated carbocycles. The standard InChI is InChI=1S/C21H30FN5O4S/c1-13(22)19-20(28)27(17-5-4-8-21(17,2)29)16-11-18(23-12-15(16)25-19)24-14-6-9-26(10-7-14)32(3,30)31/h11-14,17,29H,4-10H2,1-3H3,(H,23,24)/t13?,17-,21-/m1/s1. The van der Waals surface area contributed by atoms with E-state index < -0.39 is 33.4 Å². The summed E-state index contributed by atoms with van der Waals surface area (Å²) in [4.78, 5) is 21.8. The Bertz CT molecular complexity index is 1170. The Kier molecular flexibility index (Phi) is 6.01. The maximum atomic E-state index is 14.2. The summed E-state index contributed by atoms with van der Waals surface area (Å²) in [5, 5.41) is 14.2. The van der Waals surface area contributed by atoms with Crippen molar-refractivity contribution in [2.24, 2.45) is 0 Å². The van der Waals surface area contributed by atoms with Crippen LogP contribution in [0.2, 0.25) is 0 Å². The molecule has 0 spiro atoms. The Balaban J connectivity index is 1.70. The van der Waals surface area contributed by atoms with Crippen molar-refractivity contribution in [3.05, 3.63) is 28.3 Å². The number of halogens is 1. The second-order valence-electron chi connectivity index (χ2n) is 9.19. The summed E-state index contributed by atoms with van der Waals surface area (Å²) in [7, 11) is -3.20. The fourth-order valence-electron chi connectivity index (χ4n) is 4.85. The number of sulfonamides is 1. The molecule has 0 radical (unpaired) electrons. The Hall–Kier alpha value is -2.11. The molecular formula is C21H30FN5O4S. The minimum atomic E-state index is -3.20. The summed E-state index contributed by atoms with van der Waals surface area (Å²) in [5.74, 6) is 0.531. The van der Waals surface area contributed by atoms with Crippen LogP contribution in [0.5, 0.6) is 0 Å². The lowest BCUT2D eigenvalue weighted by molar-refractivity contribution is 0.0266. The van der Waals surface area contributed by atoms with E-state index in [1.165, 1.54) is 28.2 Å². The predicted octanol–water partition coefficient (Wildman–Crippen LogP) is 2.13. The molecular weight excluding hydrogens is 437 g/mol. The molecule has 9 nitrogen and oxygen atoms in total. The average molecular weight is 468 g/mol. The summed E-state index contributed by atoms with van der Waals surface area (Å²) in [6.07, 6.45) is 4.38. The molecule has 0 amide bonds. The molecule has 2 aromatic heterocycles. The van der Waals surface area contributed by atoms with E-state index in [0.29, 0.717) is 55.6 Å². The number of nitrogens with zero attached hydrogens (tertiary/aromatic N) is 4. The number of hydrogen-bond donors (Lipinski definition) is 2. The van der Waals surface area contributed by atoms with Gasteiger partial charge in [0.05, 0.1) is 29.6 Å². The van der Waals surface area contributed by atoms with Gasteiger partial charge in [-0.2, -0.15) is 0 Å². The first-order chi connectivity index (χ1) is 15.0. The molecule has 3 heterocycles. The van der Waals surface area contributed by atoms with Crippen molar-refractivity contribution in [1.82, 2.24) is 18.8 Å². The largest absolute Gasteiger partial charge is 0.388 e.